The summed E-state index contributed by atoms with van der Waals surface area (Å²) in [6.07, 6.45) is 4.82. The normalized spacial score (nSPS) is 24.5. The first kappa shape index (κ1) is 13.4. The van der Waals surface area contributed by atoms with Crippen molar-refractivity contribution < 1.29 is 4.74 Å². The maximum atomic E-state index is 5.84. The molecule has 1 heterocycles. The van der Waals surface area contributed by atoms with Crippen molar-refractivity contribution in [2.45, 2.75) is 38.0 Å². The lowest BCUT2D eigenvalue weighted by Gasteiger charge is -2.30. The fourth-order valence-corrected chi connectivity index (χ4v) is 5.12. The highest BCUT2D eigenvalue weighted by molar-refractivity contribution is 5.97. The third-order valence-electron chi connectivity index (χ3n) is 5.93. The molecule has 5 rings (SSSR count). The molecule has 2 aromatic carbocycles. The fourth-order valence-electron chi connectivity index (χ4n) is 5.12. The molecule has 0 aromatic heterocycles. The van der Waals surface area contributed by atoms with Gasteiger partial charge in [-0.3, -0.25) is 0 Å². The first-order valence-corrected chi connectivity index (χ1v) is 8.68. The summed E-state index contributed by atoms with van der Waals surface area (Å²) in [7, 11) is 0. The van der Waals surface area contributed by atoms with Gasteiger partial charge < -0.3 is 4.74 Å². The van der Waals surface area contributed by atoms with Gasteiger partial charge in [0.15, 0.2) is 0 Å². The molecule has 0 bridgehead atoms. The highest BCUT2D eigenvalue weighted by Crippen LogP contribution is 2.54. The van der Waals surface area contributed by atoms with Gasteiger partial charge in [-0.25, -0.2) is 4.99 Å². The summed E-state index contributed by atoms with van der Waals surface area (Å²) in [6, 6.07) is 13.5. The molecule has 1 aliphatic heterocycles. The average Bonchev–Trinajstić information content (AvgIpc) is 3.29. The topological polar surface area (TPSA) is 21.6 Å². The predicted octanol–water partition coefficient (Wildman–Crippen LogP) is 3.95. The molecule has 0 unspecified atom stereocenters. The molecule has 2 aliphatic carbocycles. The summed E-state index contributed by atoms with van der Waals surface area (Å²) in [5.41, 5.74) is 9.00. The first-order chi connectivity index (χ1) is 11.3. The van der Waals surface area contributed by atoms with Gasteiger partial charge in [-0.2, -0.15) is 0 Å². The molecule has 1 spiro atoms. The number of ether oxygens (including phenoxy) is 1. The average molecular weight is 303 g/mol. The van der Waals surface area contributed by atoms with Crippen molar-refractivity contribution in [2.24, 2.45) is 4.99 Å². The third-order valence-corrected chi connectivity index (χ3v) is 5.93. The van der Waals surface area contributed by atoms with Crippen LogP contribution in [0.25, 0.3) is 0 Å². The Morgan fingerprint density at radius 1 is 0.957 bits per heavy atom. The Bertz CT molecular complexity index is 832. The molecule has 116 valence electrons. The molecule has 2 heteroatoms. The highest BCUT2D eigenvalue weighted by Gasteiger charge is 2.47. The standard InChI is InChI=1S/C21H21NO/c1-14-4-2-5-15-8-10-21(18(14)15)11-9-16-6-3-7-17(19(16)21)20-22-12-13-23-20/h2-7H,8-13H2,1H3/t21-/m0/s1. The lowest BCUT2D eigenvalue weighted by molar-refractivity contribution is 0.347. The molecule has 23 heavy (non-hydrogen) atoms. The van der Waals surface area contributed by atoms with Crippen LogP contribution in [0.4, 0.5) is 0 Å². The minimum atomic E-state index is 0.182. The first-order valence-electron chi connectivity index (χ1n) is 8.68. The number of nitrogens with zero attached hydrogens (tertiary/aromatic N) is 1. The van der Waals surface area contributed by atoms with Crippen LogP contribution in [-0.2, 0) is 23.0 Å². The Labute approximate surface area is 137 Å². The second kappa shape index (κ2) is 4.70. The highest BCUT2D eigenvalue weighted by atomic mass is 16.5. The predicted molar refractivity (Wildman–Crippen MR) is 92.4 cm³/mol. The summed E-state index contributed by atoms with van der Waals surface area (Å²) in [5.74, 6) is 0.866. The van der Waals surface area contributed by atoms with E-state index >= 15 is 0 Å². The second-order valence-electron chi connectivity index (χ2n) is 7.07. The summed E-state index contributed by atoms with van der Waals surface area (Å²) in [5, 5.41) is 0. The van der Waals surface area contributed by atoms with Crippen molar-refractivity contribution in [3.8, 4) is 0 Å². The number of aryl methyl sites for hydroxylation is 3. The number of hydrogen-bond acceptors (Lipinski definition) is 2. The van der Waals surface area contributed by atoms with E-state index in [9.17, 15) is 0 Å². The molecular formula is C21H21NO. The van der Waals surface area contributed by atoms with E-state index in [2.05, 4.69) is 48.3 Å². The van der Waals surface area contributed by atoms with E-state index in [1.165, 1.54) is 47.9 Å². The molecule has 0 amide bonds. The molecule has 2 aromatic rings. The van der Waals surface area contributed by atoms with Crippen LogP contribution in [0.1, 0.15) is 46.2 Å². The molecule has 0 fully saturated rings. The minimum absolute atomic E-state index is 0.182. The summed E-state index contributed by atoms with van der Waals surface area (Å²) in [6.45, 7) is 3.79. The Kier molecular flexibility index (Phi) is 2.73. The lowest BCUT2D eigenvalue weighted by atomic mass is 9.73. The van der Waals surface area contributed by atoms with Crippen LogP contribution in [-0.4, -0.2) is 19.0 Å². The number of rotatable bonds is 1. The van der Waals surface area contributed by atoms with Gasteiger partial charge in [-0.15, -0.1) is 0 Å². The van der Waals surface area contributed by atoms with Crippen molar-refractivity contribution in [2.75, 3.05) is 13.2 Å². The van der Waals surface area contributed by atoms with Gasteiger partial charge in [-0.05, 0) is 66.5 Å². The van der Waals surface area contributed by atoms with E-state index in [0.717, 1.165) is 19.0 Å². The lowest BCUT2D eigenvalue weighted by Crippen LogP contribution is -2.25. The Hall–Kier alpha value is -2.09. The molecule has 2 nitrogen and oxygen atoms in total. The van der Waals surface area contributed by atoms with E-state index in [0.29, 0.717) is 0 Å². The Morgan fingerprint density at radius 2 is 1.70 bits per heavy atom. The zero-order valence-corrected chi connectivity index (χ0v) is 13.6. The molecule has 0 N–H and O–H groups in total. The number of hydrogen-bond donors (Lipinski definition) is 0. The van der Waals surface area contributed by atoms with E-state index < -0.39 is 0 Å². The number of fused-ring (bicyclic) bond motifs is 4. The van der Waals surface area contributed by atoms with Crippen molar-refractivity contribution in [3.63, 3.8) is 0 Å². The van der Waals surface area contributed by atoms with Gasteiger partial charge in [0.25, 0.3) is 0 Å². The Balaban J connectivity index is 1.78. The largest absolute Gasteiger partial charge is 0.476 e. The molecule has 0 radical (unpaired) electrons. The summed E-state index contributed by atoms with van der Waals surface area (Å²) >= 11 is 0. The molecule has 0 saturated carbocycles. The van der Waals surface area contributed by atoms with Crippen molar-refractivity contribution in [3.05, 3.63) is 69.8 Å². The van der Waals surface area contributed by atoms with E-state index in [1.54, 1.807) is 11.1 Å². The SMILES string of the molecule is Cc1cccc2c1[C@]1(CC2)CCc2cccc(C3=NCCO3)c21. The van der Waals surface area contributed by atoms with Crippen LogP contribution in [0.5, 0.6) is 0 Å². The molecule has 3 aliphatic rings. The van der Waals surface area contributed by atoms with Crippen LogP contribution < -0.4 is 0 Å². The van der Waals surface area contributed by atoms with Crippen LogP contribution >= 0.6 is 0 Å². The van der Waals surface area contributed by atoms with Crippen LogP contribution in [0.2, 0.25) is 0 Å². The fraction of sp³-hybridized carbons (Fsp3) is 0.381. The zero-order chi connectivity index (χ0) is 15.4. The maximum Gasteiger partial charge on any atom is 0.216 e. The quantitative estimate of drug-likeness (QED) is 0.781. The van der Waals surface area contributed by atoms with Gasteiger partial charge in [0.05, 0.1) is 6.54 Å². The third kappa shape index (κ3) is 1.72. The zero-order valence-electron chi connectivity index (χ0n) is 13.6. The smallest absolute Gasteiger partial charge is 0.216 e. The van der Waals surface area contributed by atoms with Crippen molar-refractivity contribution in [1.29, 1.82) is 0 Å². The van der Waals surface area contributed by atoms with Crippen LogP contribution in [0.15, 0.2) is 41.4 Å². The maximum absolute atomic E-state index is 5.84. The summed E-state index contributed by atoms with van der Waals surface area (Å²) < 4.78 is 5.84. The monoisotopic (exact) mass is 303 g/mol. The molecule has 1 atom stereocenters. The molecular weight excluding hydrogens is 282 g/mol. The number of benzene rings is 2. The van der Waals surface area contributed by atoms with Crippen molar-refractivity contribution in [1.82, 2.24) is 0 Å². The van der Waals surface area contributed by atoms with E-state index in [-0.39, 0.29) is 5.41 Å². The Morgan fingerprint density at radius 3 is 2.43 bits per heavy atom. The van der Waals surface area contributed by atoms with Gasteiger partial charge in [0.2, 0.25) is 5.90 Å². The second-order valence-corrected chi connectivity index (χ2v) is 7.07. The minimum Gasteiger partial charge on any atom is -0.476 e. The molecule has 0 saturated heterocycles. The van der Waals surface area contributed by atoms with Crippen molar-refractivity contribution >= 4 is 5.90 Å². The van der Waals surface area contributed by atoms with Gasteiger partial charge >= 0.3 is 0 Å². The van der Waals surface area contributed by atoms with Crippen LogP contribution in [0, 0.1) is 6.92 Å². The van der Waals surface area contributed by atoms with Gasteiger partial charge in [-0.1, -0.05) is 30.3 Å². The van der Waals surface area contributed by atoms with E-state index in [4.69, 9.17) is 4.74 Å². The van der Waals surface area contributed by atoms with Crippen LogP contribution in [0.3, 0.4) is 0 Å². The number of aliphatic imine (C=N–C) groups is 1. The van der Waals surface area contributed by atoms with Gasteiger partial charge in [0.1, 0.15) is 6.61 Å². The summed E-state index contributed by atoms with van der Waals surface area (Å²) in [4.78, 5) is 4.61. The van der Waals surface area contributed by atoms with Gasteiger partial charge in [0, 0.05) is 11.0 Å². The van der Waals surface area contributed by atoms with E-state index in [1.807, 2.05) is 0 Å².